The van der Waals surface area contributed by atoms with Crippen molar-refractivity contribution in [3.05, 3.63) is 28.0 Å². The Bertz CT molecular complexity index is 506. The zero-order valence-electron chi connectivity index (χ0n) is 9.70. The topological polar surface area (TPSA) is 33.2 Å². The van der Waals surface area contributed by atoms with E-state index in [0.717, 1.165) is 12.8 Å². The second-order valence-electron chi connectivity index (χ2n) is 4.32. The summed E-state index contributed by atoms with van der Waals surface area (Å²) in [6.45, 7) is 0.963. The maximum atomic E-state index is 12.3. The molecule has 1 aromatic heterocycles. The number of nitrogens with zero attached hydrogens (tertiary/aromatic N) is 2. The van der Waals surface area contributed by atoms with Gasteiger partial charge in [0, 0.05) is 12.7 Å². The van der Waals surface area contributed by atoms with Crippen molar-refractivity contribution >= 4 is 29.1 Å². The number of amides is 1. The van der Waals surface area contributed by atoms with Gasteiger partial charge in [-0.25, -0.2) is 4.98 Å². The van der Waals surface area contributed by atoms with Crippen molar-refractivity contribution in [1.29, 1.82) is 0 Å². The molecule has 1 aliphatic carbocycles. The Labute approximate surface area is 116 Å². The third-order valence-corrected chi connectivity index (χ3v) is 3.31. The van der Waals surface area contributed by atoms with Gasteiger partial charge in [-0.05, 0) is 24.8 Å². The van der Waals surface area contributed by atoms with E-state index in [1.807, 2.05) is 0 Å². The molecule has 1 aliphatic rings. The van der Waals surface area contributed by atoms with Crippen molar-refractivity contribution in [2.24, 2.45) is 5.92 Å². The lowest BCUT2D eigenvalue weighted by Gasteiger charge is -2.20. The van der Waals surface area contributed by atoms with Crippen LogP contribution in [0.5, 0.6) is 0 Å². The average Bonchev–Trinajstić information content (AvgIpc) is 3.15. The van der Waals surface area contributed by atoms with Crippen LogP contribution in [0.4, 0.5) is 0 Å². The third kappa shape index (κ3) is 3.16. The van der Waals surface area contributed by atoms with Gasteiger partial charge in [0.05, 0.1) is 17.1 Å². The van der Waals surface area contributed by atoms with Gasteiger partial charge in [-0.2, -0.15) is 0 Å². The minimum Gasteiger partial charge on any atom is -0.327 e. The fraction of sp³-hybridized carbons (Fsp3) is 0.385. The van der Waals surface area contributed by atoms with Crippen molar-refractivity contribution in [1.82, 2.24) is 9.88 Å². The molecular weight excluding hydrogens is 271 g/mol. The molecule has 0 radical (unpaired) electrons. The molecule has 94 valence electrons. The average molecular weight is 283 g/mol. The molecule has 2 rings (SSSR count). The summed E-state index contributed by atoms with van der Waals surface area (Å²) in [6.07, 6.45) is 8.98. The number of terminal acetylenes is 1. The van der Waals surface area contributed by atoms with E-state index in [-0.39, 0.29) is 17.6 Å². The first-order valence-corrected chi connectivity index (χ1v) is 6.41. The van der Waals surface area contributed by atoms with E-state index in [1.165, 1.54) is 12.3 Å². The molecule has 1 heterocycles. The van der Waals surface area contributed by atoms with Crippen molar-refractivity contribution < 1.29 is 4.79 Å². The molecule has 0 N–H and O–H groups in total. The third-order valence-electron chi connectivity index (χ3n) is 2.80. The van der Waals surface area contributed by atoms with E-state index in [9.17, 15) is 4.79 Å². The summed E-state index contributed by atoms with van der Waals surface area (Å²) in [6, 6.07) is 1.47. The van der Waals surface area contributed by atoms with Crippen LogP contribution in [-0.2, 0) is 0 Å². The number of hydrogen-bond donors (Lipinski definition) is 0. The van der Waals surface area contributed by atoms with Gasteiger partial charge < -0.3 is 4.90 Å². The number of aromatic nitrogens is 1. The van der Waals surface area contributed by atoms with Crippen molar-refractivity contribution in [2.75, 3.05) is 13.1 Å². The molecule has 1 aromatic rings. The smallest absolute Gasteiger partial charge is 0.256 e. The molecule has 0 unspecified atom stereocenters. The van der Waals surface area contributed by atoms with E-state index in [4.69, 9.17) is 29.6 Å². The molecule has 0 aromatic carbocycles. The Hall–Kier alpha value is -1.24. The summed E-state index contributed by atoms with van der Waals surface area (Å²) in [5, 5.41) is 0.539. The number of halogens is 2. The molecule has 5 heteroatoms. The lowest BCUT2D eigenvalue weighted by molar-refractivity contribution is 0.0770. The number of carbonyl (C=O) groups is 1. The van der Waals surface area contributed by atoms with Crippen LogP contribution in [-0.4, -0.2) is 28.9 Å². The van der Waals surface area contributed by atoms with Crippen LogP contribution in [0.3, 0.4) is 0 Å². The van der Waals surface area contributed by atoms with Gasteiger partial charge in [-0.15, -0.1) is 6.42 Å². The molecule has 0 saturated heterocycles. The van der Waals surface area contributed by atoms with Crippen molar-refractivity contribution in [2.45, 2.75) is 12.8 Å². The second kappa shape index (κ2) is 5.60. The highest BCUT2D eigenvalue weighted by Gasteiger charge is 2.27. The summed E-state index contributed by atoms with van der Waals surface area (Å²) in [5.41, 5.74) is 0.354. The summed E-state index contributed by atoms with van der Waals surface area (Å²) in [5.74, 6) is 2.88. The van der Waals surface area contributed by atoms with Gasteiger partial charge in [-0.3, -0.25) is 4.79 Å². The van der Waals surface area contributed by atoms with Gasteiger partial charge in [-0.1, -0.05) is 29.1 Å². The minimum absolute atomic E-state index is 0.186. The molecule has 1 saturated carbocycles. The zero-order chi connectivity index (χ0) is 13.1. The van der Waals surface area contributed by atoms with Crippen LogP contribution < -0.4 is 0 Å². The fourth-order valence-electron chi connectivity index (χ4n) is 1.69. The van der Waals surface area contributed by atoms with Gasteiger partial charge in [0.2, 0.25) is 0 Å². The lowest BCUT2D eigenvalue weighted by atomic mass is 10.2. The molecule has 18 heavy (non-hydrogen) atoms. The van der Waals surface area contributed by atoms with Crippen molar-refractivity contribution in [3.63, 3.8) is 0 Å². The van der Waals surface area contributed by atoms with Crippen LogP contribution >= 0.6 is 23.2 Å². The quantitative estimate of drug-likeness (QED) is 0.629. The fourth-order valence-corrected chi connectivity index (χ4v) is 2.03. The van der Waals surface area contributed by atoms with E-state index in [2.05, 4.69) is 10.9 Å². The SMILES string of the molecule is C#CCN(CC1CC1)C(=O)c1cc(Cl)ncc1Cl. The Balaban J connectivity index is 2.20. The maximum absolute atomic E-state index is 12.3. The summed E-state index contributed by atoms with van der Waals surface area (Å²) in [7, 11) is 0. The zero-order valence-corrected chi connectivity index (χ0v) is 11.2. The summed E-state index contributed by atoms with van der Waals surface area (Å²) < 4.78 is 0. The Morgan fingerprint density at radius 2 is 2.28 bits per heavy atom. The Morgan fingerprint density at radius 1 is 1.56 bits per heavy atom. The summed E-state index contributed by atoms with van der Waals surface area (Å²) >= 11 is 11.7. The molecule has 1 fully saturated rings. The predicted octanol–water partition coefficient (Wildman–Crippen LogP) is 2.87. The van der Waals surface area contributed by atoms with E-state index >= 15 is 0 Å². The molecule has 0 spiro atoms. The van der Waals surface area contributed by atoms with Crippen LogP contribution in [0.25, 0.3) is 0 Å². The Kier molecular flexibility index (Phi) is 4.11. The molecular formula is C13H12Cl2N2O. The number of carbonyl (C=O) groups excluding carboxylic acids is 1. The summed E-state index contributed by atoms with van der Waals surface area (Å²) in [4.78, 5) is 17.8. The monoisotopic (exact) mass is 282 g/mol. The number of hydrogen-bond acceptors (Lipinski definition) is 2. The van der Waals surface area contributed by atoms with Crippen LogP contribution in [0.15, 0.2) is 12.3 Å². The first-order chi connectivity index (χ1) is 8.61. The van der Waals surface area contributed by atoms with Crippen molar-refractivity contribution in [3.8, 4) is 12.3 Å². The molecule has 0 bridgehead atoms. The standard InChI is InChI=1S/C13H12Cl2N2O/c1-2-5-17(8-9-3-4-9)13(18)10-6-12(15)16-7-11(10)14/h1,6-7,9H,3-5,8H2. The second-order valence-corrected chi connectivity index (χ2v) is 5.11. The van der Waals surface area contributed by atoms with Crippen LogP contribution in [0, 0.1) is 18.3 Å². The van der Waals surface area contributed by atoms with Gasteiger partial charge in [0.25, 0.3) is 5.91 Å². The van der Waals surface area contributed by atoms with E-state index in [0.29, 0.717) is 23.0 Å². The first-order valence-electron chi connectivity index (χ1n) is 5.65. The van der Waals surface area contributed by atoms with E-state index < -0.39 is 0 Å². The molecule has 0 atom stereocenters. The molecule has 1 amide bonds. The van der Waals surface area contributed by atoms with Gasteiger partial charge >= 0.3 is 0 Å². The first kappa shape index (κ1) is 13.2. The predicted molar refractivity (Wildman–Crippen MR) is 71.7 cm³/mol. The lowest BCUT2D eigenvalue weighted by Crippen LogP contribution is -2.33. The largest absolute Gasteiger partial charge is 0.327 e. The van der Waals surface area contributed by atoms with Crippen LogP contribution in [0.1, 0.15) is 23.2 Å². The normalized spacial score (nSPS) is 14.1. The molecule has 0 aliphatic heterocycles. The number of pyridine rings is 1. The molecule has 3 nitrogen and oxygen atoms in total. The highest BCUT2D eigenvalue weighted by molar-refractivity contribution is 6.35. The van der Waals surface area contributed by atoms with E-state index in [1.54, 1.807) is 4.90 Å². The highest BCUT2D eigenvalue weighted by Crippen LogP contribution is 2.30. The van der Waals surface area contributed by atoms with Gasteiger partial charge in [0.15, 0.2) is 0 Å². The number of rotatable bonds is 4. The maximum Gasteiger partial charge on any atom is 0.256 e. The van der Waals surface area contributed by atoms with Gasteiger partial charge in [0.1, 0.15) is 5.15 Å². The minimum atomic E-state index is -0.186. The van der Waals surface area contributed by atoms with Crippen LogP contribution in [0.2, 0.25) is 10.2 Å². The highest BCUT2D eigenvalue weighted by atomic mass is 35.5. The Morgan fingerprint density at radius 3 is 2.89 bits per heavy atom.